The lowest BCUT2D eigenvalue weighted by molar-refractivity contribution is -0.205. The maximum atomic E-state index is 14.4. The molecule has 6 atom stereocenters. The number of ketones is 5. The molecule has 1 aromatic carbocycles. The zero-order valence-electron chi connectivity index (χ0n) is 24.9. The van der Waals surface area contributed by atoms with E-state index in [2.05, 4.69) is 0 Å². The average Bonchev–Trinajstić information content (AvgIpc) is 2.82. The van der Waals surface area contributed by atoms with Gasteiger partial charge in [0.05, 0.1) is 11.5 Å². The van der Waals surface area contributed by atoms with Crippen LogP contribution in [0.1, 0.15) is 108 Å². The molecule has 0 aliphatic heterocycles. The highest BCUT2D eigenvalue weighted by Gasteiger charge is 2.76. The summed E-state index contributed by atoms with van der Waals surface area (Å²) in [5.74, 6) is -8.66. The van der Waals surface area contributed by atoms with E-state index in [-0.39, 0.29) is 36.0 Å². The number of rotatable bonds is 6. The smallest absolute Gasteiger partial charge is 0.190 e. The summed E-state index contributed by atoms with van der Waals surface area (Å²) in [6.45, 7) is 14.1. The molecule has 4 rings (SSSR count). The summed E-state index contributed by atoms with van der Waals surface area (Å²) in [5, 5.41) is 23.5. The summed E-state index contributed by atoms with van der Waals surface area (Å²) in [6.07, 6.45) is 5.73. The van der Waals surface area contributed by atoms with Crippen molar-refractivity contribution < 1.29 is 34.2 Å². The molecule has 2 fully saturated rings. The van der Waals surface area contributed by atoms with E-state index in [9.17, 15) is 34.2 Å². The van der Waals surface area contributed by atoms with Crippen molar-refractivity contribution >= 4 is 35.0 Å². The molecular formula is C33H42O7. The number of unbranched alkanes of at least 4 members (excludes halogenated alkanes) is 1. The van der Waals surface area contributed by atoms with Crippen molar-refractivity contribution in [1.29, 1.82) is 0 Å². The Kier molecular flexibility index (Phi) is 7.41. The molecule has 7 heteroatoms. The molecule has 2 N–H and O–H groups in total. The van der Waals surface area contributed by atoms with Gasteiger partial charge in [0.1, 0.15) is 17.5 Å². The van der Waals surface area contributed by atoms with Crippen molar-refractivity contribution in [2.24, 2.45) is 34.5 Å². The fraction of sp³-hybridized carbons (Fsp3) is 0.606. The molecule has 3 unspecified atom stereocenters. The van der Waals surface area contributed by atoms with Crippen LogP contribution in [0.3, 0.4) is 0 Å². The van der Waals surface area contributed by atoms with Gasteiger partial charge in [0, 0.05) is 16.9 Å². The van der Waals surface area contributed by atoms with Crippen molar-refractivity contribution in [3.8, 4) is 5.75 Å². The van der Waals surface area contributed by atoms with E-state index in [1.54, 1.807) is 33.8 Å². The first-order chi connectivity index (χ1) is 18.5. The van der Waals surface area contributed by atoms with E-state index in [4.69, 9.17) is 0 Å². The second-order valence-electron chi connectivity index (χ2n) is 13.4. The molecule has 3 aliphatic rings. The molecule has 7 nitrogen and oxygen atoms in total. The topological polar surface area (TPSA) is 126 Å². The second kappa shape index (κ2) is 9.86. The van der Waals surface area contributed by atoms with Gasteiger partial charge in [-0.05, 0) is 60.6 Å². The molecule has 0 spiro atoms. The molecule has 0 saturated heterocycles. The minimum Gasteiger partial charge on any atom is -0.507 e. The van der Waals surface area contributed by atoms with Crippen LogP contribution in [0, 0.1) is 34.5 Å². The standard InChI is InChI=1S/C33H42O7/c1-9-10-11-12-19-13-20(16(2)3)21-14-31(7)15-32(8)24(17(4)5)27(36)22(18(6)34)29(38)33(32,40)30(39)25(31)28(37)23(21)26(19)35/h11-13,16-17,22,24-25,35,40H,9-10,14-15H2,1-8H3/b12-11+/t22?,24?,25?,31-,32-,33+/m1/s1. The fourth-order valence-electron chi connectivity index (χ4n) is 8.27. The molecule has 3 aliphatic carbocycles. The zero-order valence-corrected chi connectivity index (χ0v) is 24.9. The fourth-order valence-corrected chi connectivity index (χ4v) is 8.27. The Morgan fingerprint density at radius 1 is 1.10 bits per heavy atom. The van der Waals surface area contributed by atoms with Gasteiger partial charge in [0.25, 0.3) is 0 Å². The molecule has 40 heavy (non-hydrogen) atoms. The van der Waals surface area contributed by atoms with E-state index >= 15 is 0 Å². The van der Waals surface area contributed by atoms with Crippen LogP contribution in [0.2, 0.25) is 0 Å². The molecule has 0 radical (unpaired) electrons. The van der Waals surface area contributed by atoms with Gasteiger partial charge in [0.2, 0.25) is 0 Å². The third-order valence-electron chi connectivity index (χ3n) is 9.82. The Bertz CT molecular complexity index is 1350. The number of benzene rings is 1. The number of phenolic OH excluding ortho intramolecular Hbond substituents is 1. The number of allylic oxidation sites excluding steroid dienone is 1. The van der Waals surface area contributed by atoms with Crippen LogP contribution in [0.5, 0.6) is 5.75 Å². The molecule has 0 aromatic heterocycles. The number of Topliss-reactive ketones (excluding diaryl/α,β-unsaturated/α-hetero) is 5. The van der Waals surface area contributed by atoms with Gasteiger partial charge < -0.3 is 10.2 Å². The summed E-state index contributed by atoms with van der Waals surface area (Å²) in [4.78, 5) is 68.6. The maximum absolute atomic E-state index is 14.4. The van der Waals surface area contributed by atoms with Crippen LogP contribution < -0.4 is 0 Å². The zero-order chi connectivity index (χ0) is 30.1. The summed E-state index contributed by atoms with van der Waals surface area (Å²) in [6, 6.07) is 1.90. The number of carbonyl (C=O) groups excluding carboxylic acids is 5. The highest BCUT2D eigenvalue weighted by molar-refractivity contribution is 6.32. The maximum Gasteiger partial charge on any atom is 0.190 e. The minimum absolute atomic E-state index is 0.0185. The summed E-state index contributed by atoms with van der Waals surface area (Å²) in [7, 11) is 0. The molecule has 2 saturated carbocycles. The molecular weight excluding hydrogens is 508 g/mol. The van der Waals surface area contributed by atoms with Crippen LogP contribution in [-0.4, -0.2) is 44.7 Å². The number of hydrogen-bond acceptors (Lipinski definition) is 7. The van der Waals surface area contributed by atoms with E-state index in [0.717, 1.165) is 25.3 Å². The molecule has 0 bridgehead atoms. The Balaban J connectivity index is 1.99. The quantitative estimate of drug-likeness (QED) is 0.476. The summed E-state index contributed by atoms with van der Waals surface area (Å²) < 4.78 is 0. The molecule has 0 heterocycles. The number of hydrogen-bond donors (Lipinski definition) is 2. The number of carbonyl (C=O) groups is 5. The Morgan fingerprint density at radius 3 is 2.25 bits per heavy atom. The largest absolute Gasteiger partial charge is 0.507 e. The Hall–Kier alpha value is -2.93. The Labute approximate surface area is 236 Å². The van der Waals surface area contributed by atoms with E-state index in [0.29, 0.717) is 11.1 Å². The summed E-state index contributed by atoms with van der Waals surface area (Å²) in [5.41, 5.74) is -3.11. The first kappa shape index (κ1) is 30.0. The lowest BCUT2D eigenvalue weighted by Crippen LogP contribution is -2.76. The first-order valence-corrected chi connectivity index (χ1v) is 14.4. The predicted octanol–water partition coefficient (Wildman–Crippen LogP) is 5.03. The van der Waals surface area contributed by atoms with Crippen molar-refractivity contribution in [3.63, 3.8) is 0 Å². The van der Waals surface area contributed by atoms with Crippen molar-refractivity contribution in [3.05, 3.63) is 34.4 Å². The molecule has 0 amide bonds. The van der Waals surface area contributed by atoms with E-state index in [1.807, 2.05) is 32.9 Å². The van der Waals surface area contributed by atoms with Gasteiger partial charge in [0.15, 0.2) is 28.7 Å². The van der Waals surface area contributed by atoms with Crippen LogP contribution in [0.4, 0.5) is 0 Å². The van der Waals surface area contributed by atoms with Gasteiger partial charge in [-0.3, -0.25) is 24.0 Å². The summed E-state index contributed by atoms with van der Waals surface area (Å²) >= 11 is 0. The monoisotopic (exact) mass is 550 g/mol. The molecule has 1 aromatic rings. The highest BCUT2D eigenvalue weighted by Crippen LogP contribution is 2.64. The number of aromatic hydroxyl groups is 1. The lowest BCUT2D eigenvalue weighted by Gasteiger charge is -2.62. The lowest BCUT2D eigenvalue weighted by atomic mass is 9.39. The third kappa shape index (κ3) is 3.91. The van der Waals surface area contributed by atoms with E-state index in [1.165, 1.54) is 0 Å². The first-order valence-electron chi connectivity index (χ1n) is 14.4. The number of fused-ring (bicyclic) bond motifs is 3. The minimum atomic E-state index is -2.68. The highest BCUT2D eigenvalue weighted by atomic mass is 16.3. The van der Waals surface area contributed by atoms with Gasteiger partial charge >= 0.3 is 0 Å². The Morgan fingerprint density at radius 2 is 1.73 bits per heavy atom. The normalized spacial score (nSPS) is 33.9. The average molecular weight is 551 g/mol. The van der Waals surface area contributed by atoms with Crippen molar-refractivity contribution in [1.82, 2.24) is 0 Å². The van der Waals surface area contributed by atoms with Crippen molar-refractivity contribution in [2.45, 2.75) is 92.6 Å². The van der Waals surface area contributed by atoms with Gasteiger partial charge in [-0.25, -0.2) is 0 Å². The van der Waals surface area contributed by atoms with Gasteiger partial charge in [-0.1, -0.05) is 67.0 Å². The van der Waals surface area contributed by atoms with Crippen LogP contribution in [-0.2, 0) is 25.6 Å². The molecule has 216 valence electrons. The van der Waals surface area contributed by atoms with Crippen molar-refractivity contribution in [2.75, 3.05) is 0 Å². The van der Waals surface area contributed by atoms with Crippen LogP contribution in [0.25, 0.3) is 6.08 Å². The van der Waals surface area contributed by atoms with Crippen LogP contribution >= 0.6 is 0 Å². The third-order valence-corrected chi connectivity index (χ3v) is 9.82. The van der Waals surface area contributed by atoms with Gasteiger partial charge in [-0.2, -0.15) is 0 Å². The van der Waals surface area contributed by atoms with Gasteiger partial charge in [-0.15, -0.1) is 0 Å². The second-order valence-corrected chi connectivity index (χ2v) is 13.4. The number of aliphatic hydroxyl groups is 1. The predicted molar refractivity (Wildman–Crippen MR) is 151 cm³/mol. The SMILES string of the molecule is CCC/C=C/c1cc(C(C)C)c2c(c1O)C(=O)C1C(=O)[C@@]3(O)C(=O)C(C(C)=O)C(=O)C(C(C)C)[C@@]3(C)C[C@@]1(C)C2. The number of phenols is 1. The van der Waals surface area contributed by atoms with Crippen LogP contribution in [0.15, 0.2) is 12.1 Å². The van der Waals surface area contributed by atoms with E-state index < -0.39 is 63.1 Å².